The van der Waals surface area contributed by atoms with Crippen LogP contribution in [0.2, 0.25) is 0 Å². The lowest BCUT2D eigenvalue weighted by Crippen LogP contribution is -2.29. The molecule has 2 amide bonds. The van der Waals surface area contributed by atoms with Crippen LogP contribution in [0.5, 0.6) is 17.2 Å². The highest BCUT2D eigenvalue weighted by atomic mass is 16.5. The van der Waals surface area contributed by atoms with Gasteiger partial charge >= 0.3 is 6.09 Å². The highest BCUT2D eigenvalue weighted by Gasteiger charge is 2.29. The third kappa shape index (κ3) is 8.52. The number of nitrogens with one attached hydrogen (secondary N) is 2. The summed E-state index contributed by atoms with van der Waals surface area (Å²) in [4.78, 5) is 25.9. The smallest absolute Gasteiger partial charge is 0.407 e. The minimum Gasteiger partial charge on any atom is -0.496 e. The third-order valence-electron chi connectivity index (χ3n) is 9.25. The van der Waals surface area contributed by atoms with E-state index in [-0.39, 0.29) is 31.0 Å². The molecule has 0 heterocycles. The summed E-state index contributed by atoms with van der Waals surface area (Å²) in [5.74, 6) is 1.57. The molecule has 1 atom stereocenters. The van der Waals surface area contributed by atoms with Crippen molar-refractivity contribution < 1.29 is 28.5 Å². The summed E-state index contributed by atoms with van der Waals surface area (Å²) in [7, 11) is 3.13. The Balaban J connectivity index is 0.983. The van der Waals surface area contributed by atoms with Crippen molar-refractivity contribution in [1.29, 1.82) is 0 Å². The molecule has 0 aromatic heterocycles. The fourth-order valence-corrected chi connectivity index (χ4v) is 6.60. The second kappa shape index (κ2) is 16.8. The number of methoxy groups -OCH3 is 2. The molecule has 0 bridgehead atoms. The molecule has 0 saturated carbocycles. The Morgan fingerprint density at radius 1 is 0.725 bits per heavy atom. The topological polar surface area (TPSA) is 95.1 Å². The van der Waals surface area contributed by atoms with Gasteiger partial charge in [-0.15, -0.1) is 0 Å². The Labute approximate surface area is 299 Å². The van der Waals surface area contributed by atoms with Crippen LogP contribution in [-0.2, 0) is 16.1 Å². The predicted molar refractivity (Wildman–Crippen MR) is 198 cm³/mol. The van der Waals surface area contributed by atoms with Crippen molar-refractivity contribution in [2.75, 3.05) is 27.4 Å². The number of hydrogen-bond acceptors (Lipinski definition) is 6. The lowest BCUT2D eigenvalue weighted by Gasteiger charge is -2.20. The summed E-state index contributed by atoms with van der Waals surface area (Å²) in [6.45, 7) is 2.83. The van der Waals surface area contributed by atoms with Crippen LogP contribution in [-0.4, -0.2) is 39.4 Å². The fourth-order valence-electron chi connectivity index (χ4n) is 6.60. The number of rotatable bonds is 15. The zero-order valence-corrected chi connectivity index (χ0v) is 29.3. The monoisotopic (exact) mass is 684 g/mol. The molecule has 0 radical (unpaired) electrons. The van der Waals surface area contributed by atoms with Gasteiger partial charge in [0.1, 0.15) is 23.9 Å². The van der Waals surface area contributed by atoms with Crippen LogP contribution in [0, 0.1) is 6.92 Å². The SMILES string of the molecule is COc1cc(OCCCCC(=O)NC(c2ccccc2)c2ccc(C)cc2)cc(OC)c1CNC(=O)OCC1c2ccccc2-c2ccccc21. The molecule has 6 rings (SSSR count). The van der Waals surface area contributed by atoms with Crippen LogP contribution < -0.4 is 24.8 Å². The van der Waals surface area contributed by atoms with Gasteiger partial charge in [-0.1, -0.05) is 109 Å². The molecule has 1 aliphatic rings. The molecule has 51 heavy (non-hydrogen) atoms. The molecule has 8 heteroatoms. The van der Waals surface area contributed by atoms with E-state index in [1.54, 1.807) is 26.4 Å². The molecule has 1 aliphatic carbocycles. The van der Waals surface area contributed by atoms with E-state index >= 15 is 0 Å². The number of aryl methyl sites for hydroxylation is 1. The lowest BCUT2D eigenvalue weighted by atomic mass is 9.97. The normalized spacial score (nSPS) is 12.3. The molecular weight excluding hydrogens is 640 g/mol. The zero-order chi connectivity index (χ0) is 35.6. The Bertz CT molecular complexity index is 1870. The van der Waals surface area contributed by atoms with Crippen LogP contribution in [0.15, 0.2) is 115 Å². The Morgan fingerprint density at radius 2 is 1.31 bits per heavy atom. The first kappa shape index (κ1) is 35.1. The molecular formula is C43H44N2O6. The number of carbonyl (C=O) groups is 2. The zero-order valence-electron chi connectivity index (χ0n) is 29.3. The molecule has 8 nitrogen and oxygen atoms in total. The van der Waals surface area contributed by atoms with Gasteiger partial charge in [0.15, 0.2) is 0 Å². The first-order valence-electron chi connectivity index (χ1n) is 17.3. The predicted octanol–water partition coefficient (Wildman–Crippen LogP) is 8.51. The van der Waals surface area contributed by atoms with Gasteiger partial charge in [0.2, 0.25) is 5.91 Å². The molecule has 2 N–H and O–H groups in total. The van der Waals surface area contributed by atoms with Crippen LogP contribution in [0.25, 0.3) is 11.1 Å². The highest BCUT2D eigenvalue weighted by molar-refractivity contribution is 5.79. The number of amides is 2. The van der Waals surface area contributed by atoms with Gasteiger partial charge in [0, 0.05) is 24.5 Å². The quantitative estimate of drug-likeness (QED) is 0.107. The number of fused-ring (bicyclic) bond motifs is 3. The summed E-state index contributed by atoms with van der Waals surface area (Å²) < 4.78 is 23.0. The van der Waals surface area contributed by atoms with Crippen molar-refractivity contribution >= 4 is 12.0 Å². The van der Waals surface area contributed by atoms with Gasteiger partial charge in [-0.3, -0.25) is 4.79 Å². The maximum Gasteiger partial charge on any atom is 0.407 e. The van der Waals surface area contributed by atoms with E-state index < -0.39 is 6.09 Å². The summed E-state index contributed by atoms with van der Waals surface area (Å²) in [5.41, 5.74) is 8.59. The molecule has 5 aromatic rings. The highest BCUT2D eigenvalue weighted by Crippen LogP contribution is 2.44. The number of unbranched alkanes of at least 4 members (excludes halogenated alkanes) is 1. The Hall–Kier alpha value is -5.76. The number of carbonyl (C=O) groups excluding carboxylic acids is 2. The van der Waals surface area contributed by atoms with Crippen LogP contribution in [0.1, 0.15) is 64.6 Å². The van der Waals surface area contributed by atoms with Crippen molar-refractivity contribution in [3.63, 3.8) is 0 Å². The van der Waals surface area contributed by atoms with Crippen LogP contribution in [0.3, 0.4) is 0 Å². The number of alkyl carbamates (subject to hydrolysis) is 1. The van der Waals surface area contributed by atoms with E-state index in [1.807, 2.05) is 54.6 Å². The maximum absolute atomic E-state index is 13.0. The van der Waals surface area contributed by atoms with Crippen molar-refractivity contribution in [3.8, 4) is 28.4 Å². The second-order valence-corrected chi connectivity index (χ2v) is 12.6. The molecule has 1 unspecified atom stereocenters. The summed E-state index contributed by atoms with van der Waals surface area (Å²) >= 11 is 0. The van der Waals surface area contributed by atoms with Gasteiger partial charge in [-0.05, 0) is 53.1 Å². The minimum atomic E-state index is -0.528. The second-order valence-electron chi connectivity index (χ2n) is 12.6. The molecule has 0 spiro atoms. The fraction of sp³-hybridized carbons (Fsp3) is 0.256. The van der Waals surface area contributed by atoms with Crippen LogP contribution in [0.4, 0.5) is 4.79 Å². The average molecular weight is 685 g/mol. The first-order valence-corrected chi connectivity index (χ1v) is 17.3. The first-order chi connectivity index (χ1) is 24.9. The van der Waals surface area contributed by atoms with Crippen LogP contribution >= 0.6 is 0 Å². The van der Waals surface area contributed by atoms with E-state index in [0.717, 1.165) is 22.3 Å². The molecule has 5 aromatic carbocycles. The van der Waals surface area contributed by atoms with E-state index in [2.05, 4.69) is 66.1 Å². The maximum atomic E-state index is 13.0. The molecule has 0 saturated heterocycles. The van der Waals surface area contributed by atoms with Gasteiger partial charge in [-0.2, -0.15) is 0 Å². The summed E-state index contributed by atoms with van der Waals surface area (Å²) in [6, 6.07) is 38.1. The third-order valence-corrected chi connectivity index (χ3v) is 9.25. The average Bonchev–Trinajstić information content (AvgIpc) is 3.49. The Morgan fingerprint density at radius 3 is 1.94 bits per heavy atom. The largest absolute Gasteiger partial charge is 0.496 e. The van der Waals surface area contributed by atoms with Gasteiger partial charge in [0.25, 0.3) is 0 Å². The van der Waals surface area contributed by atoms with Crippen molar-refractivity contribution in [2.45, 2.75) is 44.7 Å². The van der Waals surface area contributed by atoms with Gasteiger partial charge < -0.3 is 29.6 Å². The van der Waals surface area contributed by atoms with Crippen molar-refractivity contribution in [3.05, 3.63) is 149 Å². The van der Waals surface area contributed by atoms with E-state index in [9.17, 15) is 9.59 Å². The standard InChI is InChI=1S/C43H44N2O6/c1-29-20-22-31(23-21-29)42(30-13-5-4-6-14-30)45-41(46)19-11-12-24-50-32-25-39(48-2)37(40(26-32)49-3)27-44-43(47)51-28-38-35-17-9-7-15-33(35)34-16-8-10-18-36(34)38/h4-10,13-18,20-23,25-26,38,42H,11-12,19,24,27-28H2,1-3H3,(H,44,47)(H,45,46). The van der Waals surface area contributed by atoms with Crippen molar-refractivity contribution in [2.24, 2.45) is 0 Å². The lowest BCUT2D eigenvalue weighted by molar-refractivity contribution is -0.121. The van der Waals surface area contributed by atoms with E-state index in [4.69, 9.17) is 18.9 Å². The molecule has 0 fully saturated rings. The molecule has 262 valence electrons. The van der Waals surface area contributed by atoms with E-state index in [1.165, 1.54) is 16.7 Å². The van der Waals surface area contributed by atoms with E-state index in [0.29, 0.717) is 48.7 Å². The summed E-state index contributed by atoms with van der Waals surface area (Å²) in [6.07, 6.45) is 1.20. The molecule has 0 aliphatic heterocycles. The number of hydrogen-bond donors (Lipinski definition) is 2. The number of benzene rings is 5. The number of ether oxygens (including phenoxy) is 4. The summed E-state index contributed by atoms with van der Waals surface area (Å²) in [5, 5.41) is 6.06. The van der Waals surface area contributed by atoms with Gasteiger partial charge in [0.05, 0.1) is 39.0 Å². The Kier molecular flexibility index (Phi) is 11.5. The minimum absolute atomic E-state index is 0.0129. The van der Waals surface area contributed by atoms with Gasteiger partial charge in [-0.25, -0.2) is 4.79 Å². The van der Waals surface area contributed by atoms with Crippen molar-refractivity contribution in [1.82, 2.24) is 10.6 Å².